The van der Waals surface area contributed by atoms with E-state index in [4.69, 9.17) is 10.3 Å². The lowest BCUT2D eigenvalue weighted by atomic mass is 9.99. The highest BCUT2D eigenvalue weighted by Gasteiger charge is 2.36. The fourth-order valence-electron chi connectivity index (χ4n) is 2.79. The van der Waals surface area contributed by atoms with Gasteiger partial charge in [-0.2, -0.15) is 10.1 Å². The molecule has 0 amide bonds. The molecule has 7 nitrogen and oxygen atoms in total. The number of rotatable bonds is 3. The third kappa shape index (κ3) is 2.89. The minimum absolute atomic E-state index is 0. The molecule has 3 aromatic heterocycles. The molecule has 0 unspecified atom stereocenters. The highest BCUT2D eigenvalue weighted by atomic mass is 35.5. The zero-order valence-electron chi connectivity index (χ0n) is 12.6. The average Bonchev–Trinajstić information content (AvgIpc) is 3.25. The summed E-state index contributed by atoms with van der Waals surface area (Å²) in [5.74, 6) is 1.09. The van der Waals surface area contributed by atoms with Gasteiger partial charge in [0.2, 0.25) is 0 Å². The second-order valence-electron chi connectivity index (χ2n) is 5.72. The van der Waals surface area contributed by atoms with Gasteiger partial charge in [0.1, 0.15) is 9.88 Å². The monoisotopic (exact) mass is 352 g/mol. The van der Waals surface area contributed by atoms with E-state index in [1.165, 1.54) is 11.3 Å². The van der Waals surface area contributed by atoms with Gasteiger partial charge < -0.3 is 10.3 Å². The number of hydrogen-bond donors (Lipinski definition) is 1. The van der Waals surface area contributed by atoms with E-state index < -0.39 is 5.54 Å². The van der Waals surface area contributed by atoms with Gasteiger partial charge in [0, 0.05) is 18.8 Å². The molecule has 3 heterocycles. The maximum atomic E-state index is 6.36. The van der Waals surface area contributed by atoms with Crippen molar-refractivity contribution in [1.29, 1.82) is 0 Å². The maximum absolute atomic E-state index is 6.36. The van der Waals surface area contributed by atoms with Crippen molar-refractivity contribution >= 4 is 23.7 Å². The van der Waals surface area contributed by atoms with E-state index in [1.54, 1.807) is 17.1 Å². The predicted molar refractivity (Wildman–Crippen MR) is 89.2 cm³/mol. The van der Waals surface area contributed by atoms with Crippen LogP contribution in [0.3, 0.4) is 0 Å². The van der Waals surface area contributed by atoms with E-state index in [2.05, 4.69) is 20.2 Å². The van der Waals surface area contributed by atoms with Gasteiger partial charge in [0.15, 0.2) is 5.82 Å². The molecule has 1 saturated carbocycles. The fourth-order valence-corrected chi connectivity index (χ4v) is 3.61. The Hall–Kier alpha value is -1.77. The van der Waals surface area contributed by atoms with Crippen molar-refractivity contribution < 1.29 is 4.52 Å². The van der Waals surface area contributed by atoms with Gasteiger partial charge in [-0.3, -0.25) is 4.68 Å². The van der Waals surface area contributed by atoms with Crippen molar-refractivity contribution in [3.63, 3.8) is 0 Å². The molecule has 1 aliphatic carbocycles. The van der Waals surface area contributed by atoms with Crippen LogP contribution in [-0.2, 0) is 12.6 Å². The Kier molecular flexibility index (Phi) is 4.22. The molecule has 0 radical (unpaired) electrons. The molecule has 1 fully saturated rings. The molecule has 2 N–H and O–H groups in total. The van der Waals surface area contributed by atoms with E-state index in [0.29, 0.717) is 11.7 Å². The lowest BCUT2D eigenvalue weighted by molar-refractivity contribution is 0.373. The van der Waals surface area contributed by atoms with E-state index in [9.17, 15) is 0 Å². The maximum Gasteiger partial charge on any atom is 0.269 e. The largest absolute Gasteiger partial charge is 0.333 e. The van der Waals surface area contributed by atoms with Crippen LogP contribution in [-0.4, -0.2) is 24.9 Å². The Bertz CT molecular complexity index is 804. The van der Waals surface area contributed by atoms with Gasteiger partial charge >= 0.3 is 0 Å². The Labute approximate surface area is 143 Å². The first kappa shape index (κ1) is 16.1. The molecular formula is C14H17ClN6OS. The summed E-state index contributed by atoms with van der Waals surface area (Å²) < 4.78 is 7.14. The van der Waals surface area contributed by atoms with Crippen LogP contribution in [0.25, 0.3) is 21.3 Å². The summed E-state index contributed by atoms with van der Waals surface area (Å²) in [6.07, 6.45) is 9.52. The Morgan fingerprint density at radius 2 is 2.09 bits per heavy atom. The molecule has 23 heavy (non-hydrogen) atoms. The molecule has 0 aliphatic heterocycles. The van der Waals surface area contributed by atoms with Crippen LogP contribution >= 0.6 is 23.7 Å². The first-order chi connectivity index (χ1) is 10.6. The molecule has 0 saturated heterocycles. The zero-order chi connectivity index (χ0) is 15.2. The molecular weight excluding hydrogens is 336 g/mol. The second-order valence-corrected chi connectivity index (χ2v) is 6.75. The minimum atomic E-state index is -0.432. The van der Waals surface area contributed by atoms with E-state index in [-0.39, 0.29) is 12.4 Å². The van der Waals surface area contributed by atoms with Crippen molar-refractivity contribution in [2.75, 3.05) is 0 Å². The average molecular weight is 353 g/mol. The van der Waals surface area contributed by atoms with Gasteiger partial charge in [-0.15, -0.1) is 23.7 Å². The predicted octanol–water partition coefficient (Wildman–Crippen LogP) is 2.74. The molecule has 1 aliphatic rings. The van der Waals surface area contributed by atoms with E-state index in [1.807, 2.05) is 13.2 Å². The van der Waals surface area contributed by atoms with Crippen molar-refractivity contribution in [1.82, 2.24) is 24.9 Å². The van der Waals surface area contributed by atoms with E-state index in [0.717, 1.165) is 41.1 Å². The summed E-state index contributed by atoms with van der Waals surface area (Å²) >= 11 is 1.51. The molecule has 0 spiro atoms. The van der Waals surface area contributed by atoms with Gasteiger partial charge in [-0.25, -0.2) is 4.98 Å². The number of thiazole rings is 1. The number of aryl methyl sites for hydroxylation is 1. The third-order valence-corrected chi connectivity index (χ3v) is 5.07. The van der Waals surface area contributed by atoms with Gasteiger partial charge in [-0.05, 0) is 12.8 Å². The first-order valence-electron chi connectivity index (χ1n) is 7.22. The molecule has 3 aromatic rings. The lowest BCUT2D eigenvalue weighted by Gasteiger charge is -2.17. The van der Waals surface area contributed by atoms with Crippen molar-refractivity contribution in [3.8, 4) is 21.3 Å². The van der Waals surface area contributed by atoms with Crippen LogP contribution in [0.15, 0.2) is 23.1 Å². The smallest absolute Gasteiger partial charge is 0.269 e. The summed E-state index contributed by atoms with van der Waals surface area (Å²) in [6.45, 7) is 0. The summed E-state index contributed by atoms with van der Waals surface area (Å²) in [5, 5.41) is 9.12. The molecule has 0 atom stereocenters. The van der Waals surface area contributed by atoms with Crippen molar-refractivity contribution in [2.45, 2.75) is 31.2 Å². The minimum Gasteiger partial charge on any atom is -0.333 e. The van der Waals surface area contributed by atoms with Crippen LogP contribution in [0.4, 0.5) is 0 Å². The van der Waals surface area contributed by atoms with E-state index >= 15 is 0 Å². The van der Waals surface area contributed by atoms with Crippen molar-refractivity contribution in [3.05, 3.63) is 24.4 Å². The first-order valence-corrected chi connectivity index (χ1v) is 8.04. The second kappa shape index (κ2) is 6.03. The topological polar surface area (TPSA) is 95.7 Å². The highest BCUT2D eigenvalue weighted by Crippen LogP contribution is 2.36. The normalized spacial score (nSPS) is 16.4. The number of hydrogen-bond acceptors (Lipinski definition) is 7. The summed E-state index contributed by atoms with van der Waals surface area (Å²) in [7, 11) is 1.88. The van der Waals surface area contributed by atoms with Crippen LogP contribution in [0.1, 0.15) is 31.5 Å². The quantitative estimate of drug-likeness (QED) is 0.778. The molecule has 0 bridgehead atoms. The molecule has 9 heteroatoms. The van der Waals surface area contributed by atoms with Gasteiger partial charge in [0.05, 0.1) is 17.9 Å². The van der Waals surface area contributed by atoms with Crippen LogP contribution in [0.5, 0.6) is 0 Å². The lowest BCUT2D eigenvalue weighted by Crippen LogP contribution is -2.34. The standard InChI is InChI=1S/C14H16N6OS.ClH/c1-20-8-9(6-17-20)12-16-7-10(22-12)11-18-13(19-21-11)14(15)4-2-3-5-14;/h6-8H,2-5,15H2,1H3;1H. The number of nitrogens with zero attached hydrogens (tertiary/aromatic N) is 5. The number of nitrogens with two attached hydrogens (primary N) is 1. The van der Waals surface area contributed by atoms with Crippen LogP contribution in [0.2, 0.25) is 0 Å². The third-order valence-electron chi connectivity index (χ3n) is 4.04. The molecule has 0 aromatic carbocycles. The summed E-state index contributed by atoms with van der Waals surface area (Å²) in [4.78, 5) is 9.75. The van der Waals surface area contributed by atoms with Crippen LogP contribution < -0.4 is 5.73 Å². The van der Waals surface area contributed by atoms with Crippen molar-refractivity contribution in [2.24, 2.45) is 12.8 Å². The summed E-state index contributed by atoms with van der Waals surface area (Å²) in [5.41, 5.74) is 6.91. The molecule has 4 rings (SSSR count). The van der Waals surface area contributed by atoms with Gasteiger partial charge in [-0.1, -0.05) is 18.0 Å². The zero-order valence-corrected chi connectivity index (χ0v) is 14.2. The Balaban J connectivity index is 0.00000156. The SMILES string of the molecule is Cl.Cn1cc(-c2ncc(-c3nc(C4(N)CCCC4)no3)s2)cn1. The summed E-state index contributed by atoms with van der Waals surface area (Å²) in [6, 6.07) is 0. The Morgan fingerprint density at radius 1 is 1.30 bits per heavy atom. The van der Waals surface area contributed by atoms with Crippen LogP contribution in [0, 0.1) is 0 Å². The number of halogens is 1. The highest BCUT2D eigenvalue weighted by molar-refractivity contribution is 7.18. The van der Waals surface area contributed by atoms with Gasteiger partial charge in [0.25, 0.3) is 5.89 Å². The molecule has 122 valence electrons. The number of aromatic nitrogens is 5. The fraction of sp³-hybridized carbons (Fsp3) is 0.429. The Morgan fingerprint density at radius 3 is 2.78 bits per heavy atom.